The number of fused-ring (bicyclic) bond motifs is 1. The molecule has 0 radical (unpaired) electrons. The van der Waals surface area contributed by atoms with E-state index in [1.165, 1.54) is 0 Å². The third-order valence-electron chi connectivity index (χ3n) is 3.19. The number of aliphatic hydroxyl groups is 1. The summed E-state index contributed by atoms with van der Waals surface area (Å²) in [5.74, 6) is 0. The fraction of sp³-hybridized carbons (Fsp3) is 0.400. The van der Waals surface area contributed by atoms with Gasteiger partial charge < -0.3 is 20.7 Å². The van der Waals surface area contributed by atoms with Crippen molar-refractivity contribution in [3.8, 4) is 0 Å². The summed E-state index contributed by atoms with van der Waals surface area (Å²) in [6.45, 7) is 4.08. The number of hydrogen-bond acceptors (Lipinski definition) is 2. The van der Waals surface area contributed by atoms with Gasteiger partial charge in [0.15, 0.2) is 0 Å². The SMILES string of the molecule is Cc1cc2cc(NC(=O)NC(C)CCCO)ccc2[nH]1. The van der Waals surface area contributed by atoms with Gasteiger partial charge in [-0.3, -0.25) is 0 Å². The van der Waals surface area contributed by atoms with Crippen molar-refractivity contribution in [2.45, 2.75) is 32.7 Å². The van der Waals surface area contributed by atoms with Crippen LogP contribution in [0.1, 0.15) is 25.5 Å². The molecule has 1 aromatic carbocycles. The van der Waals surface area contributed by atoms with Crippen molar-refractivity contribution in [1.82, 2.24) is 10.3 Å². The number of carbonyl (C=O) groups excluding carboxylic acids is 1. The lowest BCUT2D eigenvalue weighted by Gasteiger charge is -2.14. The summed E-state index contributed by atoms with van der Waals surface area (Å²) < 4.78 is 0. The van der Waals surface area contributed by atoms with Crippen LogP contribution in [0.2, 0.25) is 0 Å². The van der Waals surface area contributed by atoms with Crippen LogP contribution in [-0.4, -0.2) is 28.8 Å². The Labute approximate surface area is 118 Å². The van der Waals surface area contributed by atoms with Crippen molar-refractivity contribution in [1.29, 1.82) is 0 Å². The Balaban J connectivity index is 1.95. The molecule has 0 aliphatic heterocycles. The lowest BCUT2D eigenvalue weighted by molar-refractivity contribution is 0.245. The zero-order valence-corrected chi connectivity index (χ0v) is 11.9. The van der Waals surface area contributed by atoms with Gasteiger partial charge in [0, 0.05) is 34.9 Å². The second-order valence-corrected chi connectivity index (χ2v) is 5.12. The summed E-state index contributed by atoms with van der Waals surface area (Å²) in [6.07, 6.45) is 1.45. The zero-order valence-electron chi connectivity index (χ0n) is 11.9. The molecule has 0 bridgehead atoms. The number of aliphatic hydroxyl groups excluding tert-OH is 1. The topological polar surface area (TPSA) is 77.2 Å². The Kier molecular flexibility index (Phi) is 4.63. The minimum absolute atomic E-state index is 0.0420. The second kappa shape index (κ2) is 6.43. The van der Waals surface area contributed by atoms with Crippen molar-refractivity contribution in [3.05, 3.63) is 30.0 Å². The van der Waals surface area contributed by atoms with E-state index in [4.69, 9.17) is 5.11 Å². The van der Waals surface area contributed by atoms with Gasteiger partial charge >= 0.3 is 6.03 Å². The van der Waals surface area contributed by atoms with Gasteiger partial charge in [-0.1, -0.05) is 0 Å². The highest BCUT2D eigenvalue weighted by Crippen LogP contribution is 2.19. The molecule has 1 unspecified atom stereocenters. The molecule has 0 saturated heterocycles. The highest BCUT2D eigenvalue weighted by atomic mass is 16.3. The number of aryl methyl sites for hydroxylation is 1. The number of urea groups is 1. The normalized spacial score (nSPS) is 12.3. The Morgan fingerprint density at radius 3 is 2.95 bits per heavy atom. The average Bonchev–Trinajstić information content (AvgIpc) is 2.75. The Hall–Kier alpha value is -2.01. The highest BCUT2D eigenvalue weighted by Gasteiger charge is 2.07. The molecule has 0 aliphatic rings. The summed E-state index contributed by atoms with van der Waals surface area (Å²) in [5.41, 5.74) is 2.92. The Bertz CT molecular complexity index is 592. The molecule has 0 fully saturated rings. The fourth-order valence-corrected chi connectivity index (χ4v) is 2.22. The summed E-state index contributed by atoms with van der Waals surface area (Å²) >= 11 is 0. The summed E-state index contributed by atoms with van der Waals surface area (Å²) in [6, 6.07) is 7.63. The molecule has 5 heteroatoms. The van der Waals surface area contributed by atoms with E-state index in [1.807, 2.05) is 38.1 Å². The molecule has 108 valence electrons. The van der Waals surface area contributed by atoms with Gasteiger partial charge in [-0.15, -0.1) is 0 Å². The minimum Gasteiger partial charge on any atom is -0.396 e. The van der Waals surface area contributed by atoms with E-state index in [1.54, 1.807) is 0 Å². The van der Waals surface area contributed by atoms with Crippen molar-refractivity contribution in [3.63, 3.8) is 0 Å². The first-order chi connectivity index (χ1) is 9.58. The molecule has 1 atom stereocenters. The van der Waals surface area contributed by atoms with Crippen LogP contribution < -0.4 is 10.6 Å². The maximum Gasteiger partial charge on any atom is 0.319 e. The Morgan fingerprint density at radius 1 is 1.40 bits per heavy atom. The monoisotopic (exact) mass is 275 g/mol. The maximum absolute atomic E-state index is 11.8. The molecule has 0 aliphatic carbocycles. The first-order valence-electron chi connectivity index (χ1n) is 6.86. The predicted octanol–water partition coefficient (Wildman–Crippen LogP) is 2.76. The number of rotatable bonds is 5. The van der Waals surface area contributed by atoms with Crippen LogP contribution >= 0.6 is 0 Å². The predicted molar refractivity (Wildman–Crippen MR) is 81.0 cm³/mol. The molecule has 0 saturated carbocycles. The lowest BCUT2D eigenvalue weighted by Crippen LogP contribution is -2.36. The van der Waals surface area contributed by atoms with Gasteiger partial charge in [0.1, 0.15) is 0 Å². The van der Waals surface area contributed by atoms with Gasteiger partial charge in [-0.25, -0.2) is 4.79 Å². The molecule has 20 heavy (non-hydrogen) atoms. The van der Waals surface area contributed by atoms with E-state index in [0.29, 0.717) is 6.42 Å². The molecule has 1 aromatic heterocycles. The summed E-state index contributed by atoms with van der Waals surface area (Å²) in [7, 11) is 0. The van der Waals surface area contributed by atoms with Gasteiger partial charge in [-0.2, -0.15) is 0 Å². The van der Waals surface area contributed by atoms with Gasteiger partial charge in [-0.05, 0) is 51.0 Å². The van der Waals surface area contributed by atoms with Crippen LogP contribution in [0, 0.1) is 6.92 Å². The van der Waals surface area contributed by atoms with Crippen LogP contribution in [0.15, 0.2) is 24.3 Å². The molecule has 4 N–H and O–H groups in total. The number of benzene rings is 1. The Morgan fingerprint density at radius 2 is 2.20 bits per heavy atom. The number of amides is 2. The summed E-state index contributed by atoms with van der Waals surface area (Å²) in [4.78, 5) is 15.1. The van der Waals surface area contributed by atoms with E-state index < -0.39 is 0 Å². The number of carbonyl (C=O) groups is 1. The smallest absolute Gasteiger partial charge is 0.319 e. The number of aromatic nitrogens is 1. The quantitative estimate of drug-likeness (QED) is 0.677. The van der Waals surface area contributed by atoms with Gasteiger partial charge in [0.05, 0.1) is 0 Å². The second-order valence-electron chi connectivity index (χ2n) is 5.12. The minimum atomic E-state index is -0.220. The molecule has 1 heterocycles. The first-order valence-corrected chi connectivity index (χ1v) is 6.86. The number of aromatic amines is 1. The number of nitrogens with one attached hydrogen (secondary N) is 3. The summed E-state index contributed by atoms with van der Waals surface area (Å²) in [5, 5.41) is 15.5. The van der Waals surface area contributed by atoms with E-state index in [0.717, 1.165) is 28.7 Å². The van der Waals surface area contributed by atoms with Crippen LogP contribution in [0.25, 0.3) is 10.9 Å². The molecular formula is C15H21N3O2. The van der Waals surface area contributed by atoms with Gasteiger partial charge in [0.25, 0.3) is 0 Å². The van der Waals surface area contributed by atoms with Crippen LogP contribution in [0.3, 0.4) is 0 Å². The van der Waals surface area contributed by atoms with Gasteiger partial charge in [0.2, 0.25) is 0 Å². The molecule has 5 nitrogen and oxygen atoms in total. The van der Waals surface area contributed by atoms with Crippen molar-refractivity contribution < 1.29 is 9.90 Å². The van der Waals surface area contributed by atoms with E-state index >= 15 is 0 Å². The number of anilines is 1. The highest BCUT2D eigenvalue weighted by molar-refractivity contribution is 5.93. The van der Waals surface area contributed by atoms with Crippen LogP contribution in [0.4, 0.5) is 10.5 Å². The number of H-pyrrole nitrogens is 1. The standard InChI is InChI=1S/C15H21N3O2/c1-10(4-3-7-19)17-15(20)18-13-5-6-14-12(9-13)8-11(2)16-14/h5-6,8-10,16,19H,3-4,7H2,1-2H3,(H2,17,18,20). The third kappa shape index (κ3) is 3.74. The van der Waals surface area contributed by atoms with Crippen LogP contribution in [-0.2, 0) is 0 Å². The van der Waals surface area contributed by atoms with E-state index in [9.17, 15) is 4.79 Å². The number of hydrogen-bond donors (Lipinski definition) is 4. The van der Waals surface area contributed by atoms with E-state index in [2.05, 4.69) is 15.6 Å². The van der Waals surface area contributed by atoms with Crippen molar-refractivity contribution in [2.24, 2.45) is 0 Å². The fourth-order valence-electron chi connectivity index (χ4n) is 2.22. The first kappa shape index (κ1) is 14.4. The van der Waals surface area contributed by atoms with Crippen LogP contribution in [0.5, 0.6) is 0 Å². The molecular weight excluding hydrogens is 254 g/mol. The molecule has 2 aromatic rings. The average molecular weight is 275 g/mol. The zero-order chi connectivity index (χ0) is 14.5. The maximum atomic E-state index is 11.8. The van der Waals surface area contributed by atoms with Crippen molar-refractivity contribution >= 4 is 22.6 Å². The van der Waals surface area contributed by atoms with Crippen molar-refractivity contribution in [2.75, 3.05) is 11.9 Å². The molecule has 0 spiro atoms. The molecule has 2 amide bonds. The third-order valence-corrected chi connectivity index (χ3v) is 3.19. The molecule has 2 rings (SSSR count). The van der Waals surface area contributed by atoms with E-state index in [-0.39, 0.29) is 18.7 Å². The largest absolute Gasteiger partial charge is 0.396 e. The lowest BCUT2D eigenvalue weighted by atomic mass is 10.2.